The zero-order chi connectivity index (χ0) is 16.8. The first-order chi connectivity index (χ1) is 11.7. The first-order valence-corrected chi connectivity index (χ1v) is 8.65. The molecule has 0 saturated carbocycles. The maximum Gasteiger partial charge on any atom is 0.260 e. The Balaban J connectivity index is 1.45. The summed E-state index contributed by atoms with van der Waals surface area (Å²) in [7, 11) is 0. The smallest absolute Gasteiger partial charge is 0.260 e. The summed E-state index contributed by atoms with van der Waals surface area (Å²) in [5, 5.41) is 2.92. The van der Waals surface area contributed by atoms with Crippen molar-refractivity contribution in [3.63, 3.8) is 0 Å². The molecule has 24 heavy (non-hydrogen) atoms. The third-order valence-electron chi connectivity index (χ3n) is 3.56. The fourth-order valence-electron chi connectivity index (χ4n) is 2.28. The van der Waals surface area contributed by atoms with Crippen molar-refractivity contribution < 1.29 is 13.9 Å². The van der Waals surface area contributed by atoms with Gasteiger partial charge < -0.3 is 14.5 Å². The number of furan rings is 1. The van der Waals surface area contributed by atoms with Crippen LogP contribution in [-0.4, -0.2) is 18.6 Å². The van der Waals surface area contributed by atoms with E-state index in [0.29, 0.717) is 12.3 Å². The summed E-state index contributed by atoms with van der Waals surface area (Å²) >= 11 is 1.71. The van der Waals surface area contributed by atoms with Gasteiger partial charge >= 0.3 is 0 Å². The van der Waals surface area contributed by atoms with E-state index in [1.54, 1.807) is 30.8 Å². The van der Waals surface area contributed by atoms with E-state index in [1.807, 2.05) is 36.4 Å². The number of nitrogens with one attached hydrogen (secondary N) is 1. The molecule has 3 rings (SSSR count). The van der Waals surface area contributed by atoms with Gasteiger partial charge in [-0.15, -0.1) is 11.3 Å². The fourth-order valence-corrected chi connectivity index (χ4v) is 3.27. The average molecular weight is 341 g/mol. The summed E-state index contributed by atoms with van der Waals surface area (Å²) < 4.78 is 10.7. The molecule has 1 amide bonds. The van der Waals surface area contributed by atoms with E-state index in [-0.39, 0.29) is 5.91 Å². The van der Waals surface area contributed by atoms with Crippen LogP contribution in [0.1, 0.15) is 11.8 Å². The monoisotopic (exact) mass is 341 g/mol. The second kappa shape index (κ2) is 7.84. The van der Waals surface area contributed by atoms with E-state index in [4.69, 9.17) is 9.15 Å². The Hall–Kier alpha value is -2.53. The quantitative estimate of drug-likeness (QED) is 0.703. The zero-order valence-electron chi connectivity index (χ0n) is 13.4. The van der Waals surface area contributed by atoms with Crippen LogP contribution in [0, 0.1) is 0 Å². The summed E-state index contributed by atoms with van der Waals surface area (Å²) in [6.45, 7) is 2.34. The van der Waals surface area contributed by atoms with Gasteiger partial charge in [0.1, 0.15) is 5.75 Å². The molecule has 124 valence electrons. The molecule has 2 heterocycles. The predicted molar refractivity (Wildman–Crippen MR) is 95.3 cm³/mol. The molecule has 0 bridgehead atoms. The number of thiophene rings is 1. The molecule has 1 unspecified atom stereocenters. The molecule has 1 N–H and O–H groups in total. The molecule has 2 aromatic heterocycles. The summed E-state index contributed by atoms with van der Waals surface area (Å²) in [6.07, 6.45) is 3.69. The Labute approximate surface area is 145 Å². The third-order valence-corrected chi connectivity index (χ3v) is 4.76. The van der Waals surface area contributed by atoms with Crippen LogP contribution < -0.4 is 10.1 Å². The van der Waals surface area contributed by atoms with Crippen LogP contribution in [0.5, 0.6) is 5.75 Å². The number of carbonyl (C=O) groups excluding carboxylic acids is 1. The van der Waals surface area contributed by atoms with Gasteiger partial charge in [0.25, 0.3) is 5.91 Å². The molecule has 0 fully saturated rings. The Kier molecular flexibility index (Phi) is 5.33. The zero-order valence-corrected chi connectivity index (χ0v) is 14.2. The number of hydrogen-bond donors (Lipinski definition) is 1. The van der Waals surface area contributed by atoms with Crippen molar-refractivity contribution in [1.82, 2.24) is 5.32 Å². The SMILES string of the molecule is CC(Oc1ccccc1)C(=O)NCCc1ccc(-c2ccoc2)s1. The molecule has 5 heteroatoms. The lowest BCUT2D eigenvalue weighted by molar-refractivity contribution is -0.127. The van der Waals surface area contributed by atoms with Crippen molar-refractivity contribution in [3.8, 4) is 16.2 Å². The van der Waals surface area contributed by atoms with Crippen molar-refractivity contribution in [1.29, 1.82) is 0 Å². The second-order valence-corrected chi connectivity index (χ2v) is 6.56. The minimum atomic E-state index is -0.516. The largest absolute Gasteiger partial charge is 0.481 e. The molecule has 1 aromatic carbocycles. The van der Waals surface area contributed by atoms with Crippen molar-refractivity contribution >= 4 is 17.2 Å². The first-order valence-electron chi connectivity index (χ1n) is 7.83. The highest BCUT2D eigenvalue weighted by Gasteiger charge is 2.14. The van der Waals surface area contributed by atoms with E-state index < -0.39 is 6.10 Å². The Morgan fingerprint density at radius 2 is 2.04 bits per heavy atom. The maximum atomic E-state index is 12.1. The molecular weight excluding hydrogens is 322 g/mol. The maximum absolute atomic E-state index is 12.1. The summed E-state index contributed by atoms with van der Waals surface area (Å²) in [5.41, 5.74) is 1.08. The van der Waals surface area contributed by atoms with Gasteiger partial charge in [0.15, 0.2) is 6.10 Å². The fraction of sp³-hybridized carbons (Fsp3) is 0.211. The first kappa shape index (κ1) is 16.3. The van der Waals surface area contributed by atoms with E-state index in [2.05, 4.69) is 17.4 Å². The van der Waals surface area contributed by atoms with Gasteiger partial charge in [-0.05, 0) is 43.7 Å². The van der Waals surface area contributed by atoms with Crippen molar-refractivity contribution in [2.24, 2.45) is 0 Å². The number of carbonyl (C=O) groups is 1. The molecule has 0 saturated heterocycles. The predicted octanol–water partition coefficient (Wildman–Crippen LogP) is 4.13. The molecule has 3 aromatic rings. The van der Waals surface area contributed by atoms with Gasteiger partial charge in [0.2, 0.25) is 0 Å². The van der Waals surface area contributed by atoms with E-state index in [9.17, 15) is 4.79 Å². The van der Waals surface area contributed by atoms with Gasteiger partial charge in [-0.1, -0.05) is 18.2 Å². The lowest BCUT2D eigenvalue weighted by atomic mass is 10.2. The van der Waals surface area contributed by atoms with E-state index in [0.717, 1.165) is 12.0 Å². The normalized spacial score (nSPS) is 11.9. The molecule has 4 nitrogen and oxygen atoms in total. The number of ether oxygens (including phenoxy) is 1. The topological polar surface area (TPSA) is 51.5 Å². The number of hydrogen-bond acceptors (Lipinski definition) is 4. The molecule has 0 aliphatic heterocycles. The van der Waals surface area contributed by atoms with E-state index >= 15 is 0 Å². The Morgan fingerprint density at radius 3 is 2.79 bits per heavy atom. The van der Waals surface area contributed by atoms with Gasteiger partial charge in [-0.3, -0.25) is 4.79 Å². The van der Waals surface area contributed by atoms with Gasteiger partial charge in [-0.25, -0.2) is 0 Å². The number of rotatable bonds is 7. The summed E-state index contributed by atoms with van der Waals surface area (Å²) in [4.78, 5) is 14.5. The number of amides is 1. The van der Waals surface area contributed by atoms with Crippen LogP contribution in [0.4, 0.5) is 0 Å². The second-order valence-electron chi connectivity index (χ2n) is 5.39. The molecule has 0 aliphatic rings. The van der Waals surface area contributed by atoms with E-state index in [1.165, 1.54) is 9.75 Å². The van der Waals surface area contributed by atoms with Crippen molar-refractivity contribution in [2.75, 3.05) is 6.54 Å². The van der Waals surface area contributed by atoms with Crippen LogP contribution in [0.3, 0.4) is 0 Å². The highest BCUT2D eigenvalue weighted by Crippen LogP contribution is 2.28. The van der Waals surface area contributed by atoms with Crippen LogP contribution in [-0.2, 0) is 11.2 Å². The van der Waals surface area contributed by atoms with Crippen molar-refractivity contribution in [3.05, 3.63) is 65.9 Å². The molecular formula is C19H19NO3S. The molecule has 1 atom stereocenters. The van der Waals surface area contributed by atoms with Crippen molar-refractivity contribution in [2.45, 2.75) is 19.4 Å². The lowest BCUT2D eigenvalue weighted by Gasteiger charge is -2.14. The lowest BCUT2D eigenvalue weighted by Crippen LogP contribution is -2.37. The third kappa shape index (κ3) is 4.26. The Morgan fingerprint density at radius 1 is 1.21 bits per heavy atom. The minimum Gasteiger partial charge on any atom is -0.481 e. The number of benzene rings is 1. The van der Waals surface area contributed by atoms with Crippen LogP contribution in [0.2, 0.25) is 0 Å². The van der Waals surface area contributed by atoms with Gasteiger partial charge in [0.05, 0.1) is 12.5 Å². The van der Waals surface area contributed by atoms with Crippen LogP contribution in [0.15, 0.2) is 65.5 Å². The average Bonchev–Trinajstić information content (AvgIpc) is 3.27. The van der Waals surface area contributed by atoms with Crippen LogP contribution >= 0.6 is 11.3 Å². The van der Waals surface area contributed by atoms with Gasteiger partial charge in [-0.2, -0.15) is 0 Å². The molecule has 0 radical (unpaired) electrons. The molecule has 0 spiro atoms. The van der Waals surface area contributed by atoms with Gasteiger partial charge in [0, 0.05) is 21.9 Å². The standard InChI is InChI=1S/C19H19NO3S/c1-14(23-16-5-3-2-4-6-16)19(21)20-11-9-17-7-8-18(24-17)15-10-12-22-13-15/h2-8,10,12-14H,9,11H2,1H3,(H,20,21). The number of para-hydroxylation sites is 1. The highest BCUT2D eigenvalue weighted by molar-refractivity contribution is 7.15. The summed E-state index contributed by atoms with van der Waals surface area (Å²) in [6, 6.07) is 15.5. The highest BCUT2D eigenvalue weighted by atomic mass is 32.1. The summed E-state index contributed by atoms with van der Waals surface area (Å²) in [5.74, 6) is 0.591. The van der Waals surface area contributed by atoms with Crippen LogP contribution in [0.25, 0.3) is 10.4 Å². The molecule has 0 aliphatic carbocycles. The minimum absolute atomic E-state index is 0.106. The Bertz CT molecular complexity index is 765.